The normalized spacial score (nSPS) is 20.3. The van der Waals surface area contributed by atoms with Crippen LogP contribution in [0, 0.1) is 5.92 Å². The van der Waals surface area contributed by atoms with Crippen molar-refractivity contribution in [2.45, 2.75) is 56.6 Å². The van der Waals surface area contributed by atoms with Crippen LogP contribution in [0.25, 0.3) is 0 Å². The number of hydrogen-bond donors (Lipinski definition) is 3. The molecule has 0 unspecified atom stereocenters. The first-order valence-electron chi connectivity index (χ1n) is 6.43. The molecule has 0 aromatic carbocycles. The van der Waals surface area contributed by atoms with Crippen LogP contribution in [0.5, 0.6) is 0 Å². The Labute approximate surface area is 118 Å². The summed E-state index contributed by atoms with van der Waals surface area (Å²) in [5, 5.41) is 11.4. The fraction of sp³-hybridized carbons (Fsp3) is 0.917. The highest BCUT2D eigenvalue weighted by molar-refractivity contribution is 5.85. The zero-order chi connectivity index (χ0) is 13.8. The highest BCUT2D eigenvalue weighted by Gasteiger charge is 2.48. The quantitative estimate of drug-likeness (QED) is 0.719. The SMILES string of the molecule is CNC(=O)C(F)(F)[C@@H](O)[C@H](N)CC1CCCCC1.Cl. The number of carbonyl (C=O) groups excluding carboxylic acids is 1. The van der Waals surface area contributed by atoms with E-state index in [1.54, 1.807) is 0 Å². The molecule has 1 saturated carbocycles. The van der Waals surface area contributed by atoms with Crippen molar-refractivity contribution in [3.05, 3.63) is 0 Å². The van der Waals surface area contributed by atoms with Crippen LogP contribution in [0.4, 0.5) is 8.78 Å². The van der Waals surface area contributed by atoms with Crippen LogP contribution < -0.4 is 11.1 Å². The molecule has 0 spiro atoms. The van der Waals surface area contributed by atoms with Crippen LogP contribution in [-0.2, 0) is 4.79 Å². The Balaban J connectivity index is 0.00000324. The Morgan fingerprint density at radius 3 is 2.42 bits per heavy atom. The van der Waals surface area contributed by atoms with Crippen molar-refractivity contribution < 1.29 is 18.7 Å². The number of rotatable bonds is 5. The van der Waals surface area contributed by atoms with E-state index in [0.29, 0.717) is 6.42 Å². The van der Waals surface area contributed by atoms with Crippen LogP contribution in [0.3, 0.4) is 0 Å². The molecule has 0 radical (unpaired) electrons. The van der Waals surface area contributed by atoms with Crippen LogP contribution in [0.2, 0.25) is 0 Å². The number of nitrogens with two attached hydrogens (primary N) is 1. The average molecular weight is 301 g/mol. The summed E-state index contributed by atoms with van der Waals surface area (Å²) < 4.78 is 26.9. The Hall–Kier alpha value is -0.460. The average Bonchev–Trinajstić information content (AvgIpc) is 2.37. The highest BCUT2D eigenvalue weighted by Crippen LogP contribution is 2.30. The predicted octanol–water partition coefficient (Wildman–Crippen LogP) is 1.45. The fourth-order valence-corrected chi connectivity index (χ4v) is 2.51. The fourth-order valence-electron chi connectivity index (χ4n) is 2.51. The van der Waals surface area contributed by atoms with Crippen molar-refractivity contribution in [3.63, 3.8) is 0 Å². The largest absolute Gasteiger partial charge is 0.385 e. The van der Waals surface area contributed by atoms with Gasteiger partial charge in [0.1, 0.15) is 6.10 Å². The lowest BCUT2D eigenvalue weighted by atomic mass is 9.83. The Bertz CT molecular complexity index is 287. The van der Waals surface area contributed by atoms with Gasteiger partial charge in [0.2, 0.25) is 0 Å². The number of alkyl halides is 2. The van der Waals surface area contributed by atoms with Crippen LogP contribution in [-0.4, -0.2) is 36.1 Å². The van der Waals surface area contributed by atoms with E-state index in [9.17, 15) is 18.7 Å². The first kappa shape index (κ1) is 18.5. The van der Waals surface area contributed by atoms with Gasteiger partial charge in [0.05, 0.1) is 0 Å². The molecule has 0 aromatic rings. The van der Waals surface area contributed by atoms with E-state index >= 15 is 0 Å². The maximum Gasteiger partial charge on any atom is 0.351 e. The molecule has 0 saturated heterocycles. The van der Waals surface area contributed by atoms with Gasteiger partial charge < -0.3 is 16.2 Å². The molecular formula is C12H23ClF2N2O2. The lowest BCUT2D eigenvalue weighted by Crippen LogP contribution is -2.55. The third-order valence-corrected chi connectivity index (χ3v) is 3.64. The smallest absolute Gasteiger partial charge is 0.351 e. The van der Waals surface area contributed by atoms with Gasteiger partial charge in [-0.1, -0.05) is 32.1 Å². The summed E-state index contributed by atoms with van der Waals surface area (Å²) in [6, 6.07) is -1.07. The van der Waals surface area contributed by atoms with E-state index in [2.05, 4.69) is 0 Å². The van der Waals surface area contributed by atoms with Gasteiger partial charge in [-0.15, -0.1) is 12.4 Å². The molecule has 1 rings (SSSR count). The molecule has 0 heterocycles. The minimum atomic E-state index is -3.83. The van der Waals surface area contributed by atoms with Gasteiger partial charge in [-0.2, -0.15) is 8.78 Å². The predicted molar refractivity (Wildman–Crippen MR) is 71.4 cm³/mol. The molecule has 1 aliphatic rings. The second kappa shape index (κ2) is 7.97. The van der Waals surface area contributed by atoms with Crippen molar-refractivity contribution in [3.8, 4) is 0 Å². The molecule has 7 heteroatoms. The molecule has 1 aliphatic carbocycles. The van der Waals surface area contributed by atoms with Crippen molar-refractivity contribution in [1.29, 1.82) is 0 Å². The number of aliphatic hydroxyl groups excluding tert-OH is 1. The summed E-state index contributed by atoms with van der Waals surface area (Å²) in [7, 11) is 1.11. The second-order valence-electron chi connectivity index (χ2n) is 5.05. The molecule has 19 heavy (non-hydrogen) atoms. The van der Waals surface area contributed by atoms with Crippen LogP contribution in [0.1, 0.15) is 38.5 Å². The van der Waals surface area contributed by atoms with Gasteiger partial charge in [0.15, 0.2) is 0 Å². The number of carbonyl (C=O) groups is 1. The Kier molecular flexibility index (Phi) is 7.78. The zero-order valence-corrected chi connectivity index (χ0v) is 11.9. The van der Waals surface area contributed by atoms with Gasteiger partial charge in [-0.05, 0) is 12.3 Å². The summed E-state index contributed by atoms with van der Waals surface area (Å²) in [5.74, 6) is -5.04. The van der Waals surface area contributed by atoms with E-state index < -0.39 is 24.0 Å². The number of amides is 1. The van der Waals surface area contributed by atoms with Gasteiger partial charge in [0, 0.05) is 13.1 Å². The minimum absolute atomic E-state index is 0. The van der Waals surface area contributed by atoms with E-state index in [4.69, 9.17) is 5.73 Å². The van der Waals surface area contributed by atoms with Crippen molar-refractivity contribution >= 4 is 18.3 Å². The van der Waals surface area contributed by atoms with Crippen molar-refractivity contribution in [1.82, 2.24) is 5.32 Å². The van der Waals surface area contributed by atoms with Gasteiger partial charge in [-0.3, -0.25) is 4.79 Å². The first-order chi connectivity index (χ1) is 8.39. The van der Waals surface area contributed by atoms with E-state index in [-0.39, 0.29) is 18.3 Å². The number of halogens is 3. The van der Waals surface area contributed by atoms with Gasteiger partial charge in [0.25, 0.3) is 5.91 Å². The summed E-state index contributed by atoms with van der Waals surface area (Å²) >= 11 is 0. The number of hydrogen-bond acceptors (Lipinski definition) is 3. The maximum atomic E-state index is 13.5. The summed E-state index contributed by atoms with van der Waals surface area (Å²) in [6.07, 6.45) is 3.48. The molecule has 0 aliphatic heterocycles. The first-order valence-corrected chi connectivity index (χ1v) is 6.43. The summed E-state index contributed by atoms with van der Waals surface area (Å²) in [5.41, 5.74) is 5.62. The van der Waals surface area contributed by atoms with Crippen LogP contribution >= 0.6 is 12.4 Å². The lowest BCUT2D eigenvalue weighted by molar-refractivity contribution is -0.165. The molecule has 0 bridgehead atoms. The monoisotopic (exact) mass is 300 g/mol. The lowest BCUT2D eigenvalue weighted by Gasteiger charge is -2.30. The molecule has 2 atom stereocenters. The van der Waals surface area contributed by atoms with Gasteiger partial charge >= 0.3 is 5.92 Å². The number of aliphatic hydroxyl groups is 1. The minimum Gasteiger partial charge on any atom is -0.385 e. The van der Waals surface area contributed by atoms with Crippen molar-refractivity contribution in [2.75, 3.05) is 7.05 Å². The third kappa shape index (κ3) is 4.85. The molecular weight excluding hydrogens is 278 g/mol. The second-order valence-corrected chi connectivity index (χ2v) is 5.05. The van der Waals surface area contributed by atoms with E-state index in [1.807, 2.05) is 5.32 Å². The highest BCUT2D eigenvalue weighted by atomic mass is 35.5. The van der Waals surface area contributed by atoms with E-state index in [0.717, 1.165) is 32.7 Å². The number of nitrogens with one attached hydrogen (secondary N) is 1. The molecule has 0 aromatic heterocycles. The van der Waals surface area contributed by atoms with Gasteiger partial charge in [-0.25, -0.2) is 0 Å². The Morgan fingerprint density at radius 1 is 1.42 bits per heavy atom. The standard InChI is InChI=1S/C12H22F2N2O2.ClH/c1-16-11(18)12(13,14)10(17)9(15)7-8-5-3-2-4-6-8;/h8-10,17H,2-7,15H2,1H3,(H,16,18);1H/t9-,10+;/m1./s1. The molecule has 4 N–H and O–H groups in total. The van der Waals surface area contributed by atoms with E-state index in [1.165, 1.54) is 6.42 Å². The maximum absolute atomic E-state index is 13.5. The molecule has 1 amide bonds. The van der Waals surface area contributed by atoms with Crippen LogP contribution in [0.15, 0.2) is 0 Å². The van der Waals surface area contributed by atoms with Crippen molar-refractivity contribution in [2.24, 2.45) is 11.7 Å². The molecule has 1 fully saturated rings. The Morgan fingerprint density at radius 2 is 1.95 bits per heavy atom. The molecule has 4 nitrogen and oxygen atoms in total. The topological polar surface area (TPSA) is 75.3 Å². The summed E-state index contributed by atoms with van der Waals surface area (Å²) in [6.45, 7) is 0. The third-order valence-electron chi connectivity index (χ3n) is 3.64. The molecule has 114 valence electrons. The summed E-state index contributed by atoms with van der Waals surface area (Å²) in [4.78, 5) is 11.0. The zero-order valence-electron chi connectivity index (χ0n) is 11.1.